The van der Waals surface area contributed by atoms with Gasteiger partial charge in [-0.3, -0.25) is 14.4 Å². The monoisotopic (exact) mass is 914 g/mol. The number of carbonyl (C=O) groups excluding carboxylic acids is 3. The van der Waals surface area contributed by atoms with E-state index in [0.717, 1.165) is 50.4 Å². The number of alkyl halides is 12. The fraction of sp³-hybridized carbons (Fsp3) is 0.233. The molecule has 0 bridgehead atoms. The summed E-state index contributed by atoms with van der Waals surface area (Å²) in [6.45, 7) is 3.55. The number of halogens is 12. The maximum absolute atomic E-state index is 15.0. The lowest BCUT2D eigenvalue weighted by molar-refractivity contribution is -0.290. The number of hydrogen-bond donors (Lipinski definition) is 6. The smallest absolute Gasteiger partial charge is 0.411 e. The number of phenolic OH excluding ortho intramolecular Hbond substituents is 2. The minimum atomic E-state index is -6.13. The van der Waals surface area contributed by atoms with Gasteiger partial charge in [0.05, 0.1) is 11.4 Å². The van der Waals surface area contributed by atoms with E-state index in [1.807, 2.05) is 5.32 Å². The summed E-state index contributed by atoms with van der Waals surface area (Å²) in [4.78, 5) is 38.6. The molecule has 21 heteroatoms. The van der Waals surface area contributed by atoms with E-state index in [9.17, 15) is 77.3 Å². The molecule has 5 aromatic carbocycles. The average molecular weight is 915 g/mol. The van der Waals surface area contributed by atoms with Gasteiger partial charge < -0.3 is 31.5 Å². The molecule has 5 aromatic rings. The van der Waals surface area contributed by atoms with Gasteiger partial charge in [-0.15, -0.1) is 0 Å². The van der Waals surface area contributed by atoms with E-state index in [-0.39, 0.29) is 22.9 Å². The minimum Gasteiger partial charge on any atom is -0.506 e. The van der Waals surface area contributed by atoms with Crippen LogP contribution in [0.1, 0.15) is 61.0 Å². The molecule has 9 nitrogen and oxygen atoms in total. The highest BCUT2D eigenvalue weighted by molar-refractivity contribution is 6.09. The standard InChI is InChI=1S/C43H34F12N4O5/c1-21-8-10-26(17-30(21)57-23(3)60)39(42(50,51)52,43(53,54)55)29-13-15-35(62)33(20-29)59-37(64)25-7-5-6-24(16-25)36(63)58-31-18-27(11-9-22(31)2)38(40(44,45)46,41(47,48)49)28-12-14-34(61)32(19-28)56-4/h5-20,56,61-62H,1-4H3,(H,57,60)(H,58,63)(H,59,64). The van der Waals surface area contributed by atoms with Crippen molar-refractivity contribution in [3.63, 3.8) is 0 Å². The molecule has 0 aromatic heterocycles. The molecule has 0 atom stereocenters. The Morgan fingerprint density at radius 1 is 0.453 bits per heavy atom. The second kappa shape index (κ2) is 17.0. The van der Waals surface area contributed by atoms with Crippen molar-refractivity contribution >= 4 is 40.5 Å². The summed E-state index contributed by atoms with van der Waals surface area (Å²) in [5.74, 6) is -4.93. The van der Waals surface area contributed by atoms with Gasteiger partial charge in [0.25, 0.3) is 11.8 Å². The number of rotatable bonds is 10. The minimum absolute atomic E-state index is 0.0213. The predicted octanol–water partition coefficient (Wildman–Crippen LogP) is 11.0. The Morgan fingerprint density at radius 2 is 0.781 bits per heavy atom. The molecule has 5 rings (SSSR count). The van der Waals surface area contributed by atoms with Crippen molar-refractivity contribution < 1.29 is 77.3 Å². The fourth-order valence-electron chi connectivity index (χ4n) is 7.16. The quantitative estimate of drug-likeness (QED) is 0.0609. The third-order valence-electron chi connectivity index (χ3n) is 10.4. The van der Waals surface area contributed by atoms with Crippen LogP contribution in [0.15, 0.2) is 97.1 Å². The summed E-state index contributed by atoms with van der Waals surface area (Å²) in [6.07, 6.45) is -24.4. The maximum Gasteiger partial charge on any atom is 0.411 e. The first kappa shape index (κ1) is 48.1. The normalized spacial score (nSPS) is 12.7. The SMILES string of the molecule is CNc1cc(C(c2ccc(C)c(NC(=O)c3cccc(C(=O)Nc4cc(C(c5ccc(C)c(NC(C)=O)c5)(C(F)(F)F)C(F)(F)F)ccc4O)c3)c2)(C(F)(F)F)C(F)(F)F)ccc1O. The van der Waals surface area contributed by atoms with Crippen molar-refractivity contribution in [3.05, 3.63) is 142 Å². The molecule has 3 amide bonds. The first-order valence-electron chi connectivity index (χ1n) is 18.4. The zero-order valence-electron chi connectivity index (χ0n) is 33.4. The van der Waals surface area contributed by atoms with E-state index >= 15 is 0 Å². The Balaban J connectivity index is 1.52. The number of aryl methyl sites for hydroxylation is 2. The van der Waals surface area contributed by atoms with Crippen LogP contribution < -0.4 is 21.3 Å². The largest absolute Gasteiger partial charge is 0.506 e. The molecule has 0 unspecified atom stereocenters. The van der Waals surface area contributed by atoms with Crippen LogP contribution in [0.2, 0.25) is 0 Å². The lowest BCUT2D eigenvalue weighted by Gasteiger charge is -2.38. The van der Waals surface area contributed by atoms with Gasteiger partial charge in [0.2, 0.25) is 16.7 Å². The van der Waals surface area contributed by atoms with E-state index in [0.29, 0.717) is 54.6 Å². The third-order valence-corrected chi connectivity index (χ3v) is 10.4. The Kier molecular flexibility index (Phi) is 12.8. The van der Waals surface area contributed by atoms with Gasteiger partial charge in [0, 0.05) is 36.5 Å². The molecule has 0 saturated carbocycles. The topological polar surface area (TPSA) is 140 Å². The zero-order chi connectivity index (χ0) is 48.0. The molecule has 0 spiro atoms. The van der Waals surface area contributed by atoms with Crippen LogP contribution >= 0.6 is 0 Å². The Hall–Kier alpha value is -6.93. The van der Waals surface area contributed by atoms with Crippen LogP contribution in [0.3, 0.4) is 0 Å². The molecule has 0 aliphatic rings. The van der Waals surface area contributed by atoms with Crippen molar-refractivity contribution in [3.8, 4) is 11.5 Å². The van der Waals surface area contributed by atoms with Gasteiger partial charge in [-0.2, -0.15) is 52.7 Å². The number of amides is 3. The molecule has 6 N–H and O–H groups in total. The van der Waals surface area contributed by atoms with Crippen molar-refractivity contribution in [1.29, 1.82) is 0 Å². The van der Waals surface area contributed by atoms with Crippen LogP contribution in [0, 0.1) is 13.8 Å². The lowest BCUT2D eigenvalue weighted by Crippen LogP contribution is -2.54. The second-order valence-electron chi connectivity index (χ2n) is 14.4. The van der Waals surface area contributed by atoms with E-state index in [1.54, 1.807) is 0 Å². The molecular formula is C43H34F12N4O5. The average Bonchev–Trinajstić information content (AvgIpc) is 3.17. The number of aromatic hydroxyl groups is 2. The predicted molar refractivity (Wildman–Crippen MR) is 211 cm³/mol. The molecule has 0 radical (unpaired) electrons. The molecule has 0 fully saturated rings. The molecule has 0 aliphatic carbocycles. The van der Waals surface area contributed by atoms with Crippen LogP contribution in [-0.2, 0) is 15.6 Å². The maximum atomic E-state index is 15.0. The zero-order valence-corrected chi connectivity index (χ0v) is 33.4. The summed E-state index contributed by atoms with van der Waals surface area (Å²) in [7, 11) is 1.15. The number of hydrogen-bond acceptors (Lipinski definition) is 6. The van der Waals surface area contributed by atoms with Gasteiger partial charge in [0.1, 0.15) is 11.5 Å². The van der Waals surface area contributed by atoms with Crippen molar-refractivity contribution in [1.82, 2.24) is 0 Å². The summed E-state index contributed by atoms with van der Waals surface area (Å²) >= 11 is 0. The highest BCUT2D eigenvalue weighted by atomic mass is 19.4. The van der Waals surface area contributed by atoms with Gasteiger partial charge >= 0.3 is 24.7 Å². The van der Waals surface area contributed by atoms with Crippen molar-refractivity contribution in [2.75, 3.05) is 28.3 Å². The Morgan fingerprint density at radius 3 is 1.16 bits per heavy atom. The number of nitrogens with one attached hydrogen (secondary N) is 4. The number of anilines is 4. The van der Waals surface area contributed by atoms with Crippen molar-refractivity contribution in [2.24, 2.45) is 0 Å². The lowest BCUT2D eigenvalue weighted by atomic mass is 9.72. The number of benzene rings is 5. The first-order valence-corrected chi connectivity index (χ1v) is 18.4. The molecule has 0 heterocycles. The number of phenols is 2. The molecule has 340 valence electrons. The van der Waals surface area contributed by atoms with Crippen LogP contribution in [0.5, 0.6) is 11.5 Å². The molecule has 0 aliphatic heterocycles. The first-order chi connectivity index (χ1) is 29.5. The van der Waals surface area contributed by atoms with Gasteiger partial charge in [-0.05, 0) is 102 Å². The van der Waals surface area contributed by atoms with Gasteiger partial charge in [0.15, 0.2) is 0 Å². The highest BCUT2D eigenvalue weighted by Gasteiger charge is 2.74. The van der Waals surface area contributed by atoms with Gasteiger partial charge in [-0.25, -0.2) is 0 Å². The van der Waals surface area contributed by atoms with Crippen LogP contribution in [0.25, 0.3) is 0 Å². The van der Waals surface area contributed by atoms with Crippen LogP contribution in [0.4, 0.5) is 75.4 Å². The molecular weight excluding hydrogens is 880 g/mol. The highest BCUT2D eigenvalue weighted by Crippen LogP contribution is 2.59. The van der Waals surface area contributed by atoms with E-state index in [1.165, 1.54) is 13.8 Å². The summed E-state index contributed by atoms with van der Waals surface area (Å²) in [6, 6.07) is 10.5. The summed E-state index contributed by atoms with van der Waals surface area (Å²) in [5.41, 5.74) is -18.3. The van der Waals surface area contributed by atoms with E-state index in [4.69, 9.17) is 0 Å². The second-order valence-corrected chi connectivity index (χ2v) is 14.4. The summed E-state index contributed by atoms with van der Waals surface area (Å²) < 4.78 is 179. The molecule has 0 saturated heterocycles. The van der Waals surface area contributed by atoms with E-state index in [2.05, 4.69) is 16.0 Å². The van der Waals surface area contributed by atoms with Crippen LogP contribution in [-0.4, -0.2) is 59.7 Å². The van der Waals surface area contributed by atoms with Gasteiger partial charge in [-0.1, -0.05) is 42.5 Å². The Bertz CT molecular complexity index is 2590. The number of carbonyl (C=O) groups is 3. The van der Waals surface area contributed by atoms with E-state index < -0.39 is 115 Å². The fourth-order valence-corrected chi connectivity index (χ4v) is 7.16. The Labute approximate surface area is 355 Å². The molecule has 64 heavy (non-hydrogen) atoms. The summed E-state index contributed by atoms with van der Waals surface area (Å²) in [5, 5.41) is 29.2. The van der Waals surface area contributed by atoms with Crippen molar-refractivity contribution in [2.45, 2.75) is 56.3 Å². The third kappa shape index (κ3) is 8.57.